The van der Waals surface area contributed by atoms with Crippen molar-refractivity contribution in [3.63, 3.8) is 0 Å². The molecule has 0 aromatic heterocycles. The number of nitrogens with zero attached hydrogens (tertiary/aromatic N) is 1. The zero-order valence-corrected chi connectivity index (χ0v) is 11.5. The van der Waals surface area contributed by atoms with E-state index in [1.165, 1.54) is 5.56 Å². The van der Waals surface area contributed by atoms with Crippen molar-refractivity contribution in [1.82, 2.24) is 0 Å². The lowest BCUT2D eigenvalue weighted by atomic mass is 10.1. The highest BCUT2D eigenvalue weighted by atomic mass is 16.5. The van der Waals surface area contributed by atoms with Gasteiger partial charge in [-0.05, 0) is 31.2 Å². The van der Waals surface area contributed by atoms with Crippen LogP contribution in [0.25, 0.3) is 0 Å². The molecule has 0 aliphatic carbocycles. The zero-order chi connectivity index (χ0) is 13.7. The van der Waals surface area contributed by atoms with Gasteiger partial charge in [0.15, 0.2) is 0 Å². The second kappa shape index (κ2) is 6.14. The maximum Gasteiger partial charge on any atom is 0.124 e. The van der Waals surface area contributed by atoms with E-state index in [-0.39, 0.29) is 0 Å². The van der Waals surface area contributed by atoms with Crippen LogP contribution in [-0.4, -0.2) is 13.7 Å². The minimum absolute atomic E-state index is 0.680. The first-order valence-corrected chi connectivity index (χ1v) is 6.48. The molecule has 0 unspecified atom stereocenters. The first-order valence-electron chi connectivity index (χ1n) is 6.48. The highest BCUT2D eigenvalue weighted by Crippen LogP contribution is 2.23. The smallest absolute Gasteiger partial charge is 0.124 e. The molecule has 0 saturated carbocycles. The maximum absolute atomic E-state index is 5.82. The summed E-state index contributed by atoms with van der Waals surface area (Å²) >= 11 is 0. The lowest BCUT2D eigenvalue weighted by molar-refractivity contribution is 0.336. The summed E-state index contributed by atoms with van der Waals surface area (Å²) in [4.78, 5) is 2.16. The Kier molecular flexibility index (Phi) is 4.29. The van der Waals surface area contributed by atoms with Crippen molar-refractivity contribution in [2.45, 2.75) is 13.5 Å². The molecule has 0 spiro atoms. The highest BCUT2D eigenvalue weighted by molar-refractivity contribution is 5.56. The van der Waals surface area contributed by atoms with Crippen LogP contribution < -0.4 is 15.4 Å². The number of hydrogen-bond acceptors (Lipinski definition) is 3. The van der Waals surface area contributed by atoms with Crippen LogP contribution in [0.2, 0.25) is 0 Å². The van der Waals surface area contributed by atoms with Crippen LogP contribution in [0.15, 0.2) is 48.5 Å². The molecule has 0 atom stereocenters. The van der Waals surface area contributed by atoms with Crippen molar-refractivity contribution < 1.29 is 4.74 Å². The van der Waals surface area contributed by atoms with Gasteiger partial charge in [0.25, 0.3) is 0 Å². The summed E-state index contributed by atoms with van der Waals surface area (Å²) in [6, 6.07) is 16.0. The van der Waals surface area contributed by atoms with Gasteiger partial charge in [0, 0.05) is 30.5 Å². The van der Waals surface area contributed by atoms with Crippen LogP contribution in [-0.2, 0) is 6.54 Å². The Morgan fingerprint density at radius 3 is 2.63 bits per heavy atom. The molecule has 0 saturated heterocycles. The van der Waals surface area contributed by atoms with Gasteiger partial charge in [-0.15, -0.1) is 0 Å². The Hall–Kier alpha value is -2.16. The van der Waals surface area contributed by atoms with Crippen molar-refractivity contribution in [1.29, 1.82) is 0 Å². The largest absolute Gasteiger partial charge is 0.494 e. The Bertz CT molecular complexity index is 540. The second-order valence-corrected chi connectivity index (χ2v) is 4.49. The van der Waals surface area contributed by atoms with Gasteiger partial charge in [-0.2, -0.15) is 0 Å². The Morgan fingerprint density at radius 1 is 1.11 bits per heavy atom. The summed E-state index contributed by atoms with van der Waals surface area (Å²) in [7, 11) is 2.05. The van der Waals surface area contributed by atoms with Gasteiger partial charge >= 0.3 is 0 Å². The number of nitrogen functional groups attached to an aromatic ring is 1. The van der Waals surface area contributed by atoms with Gasteiger partial charge < -0.3 is 15.4 Å². The molecule has 0 heterocycles. The van der Waals surface area contributed by atoms with E-state index in [0.717, 1.165) is 23.7 Å². The minimum atomic E-state index is 0.680. The van der Waals surface area contributed by atoms with Crippen molar-refractivity contribution in [2.75, 3.05) is 24.3 Å². The fourth-order valence-corrected chi connectivity index (χ4v) is 2.04. The fourth-order valence-electron chi connectivity index (χ4n) is 2.04. The summed E-state index contributed by atoms with van der Waals surface area (Å²) in [5.74, 6) is 0.945. The third-order valence-corrected chi connectivity index (χ3v) is 2.99. The first-order chi connectivity index (χ1) is 9.20. The normalized spacial score (nSPS) is 10.2. The van der Waals surface area contributed by atoms with Crippen LogP contribution in [0.5, 0.6) is 5.75 Å². The monoisotopic (exact) mass is 256 g/mol. The number of para-hydroxylation sites is 1. The molecular formula is C16H20N2O. The molecule has 0 fully saturated rings. The molecular weight excluding hydrogens is 236 g/mol. The number of ether oxygens (including phenoxy) is 1. The van der Waals surface area contributed by atoms with E-state index < -0.39 is 0 Å². The molecule has 0 amide bonds. The molecule has 2 N–H and O–H groups in total. The molecule has 0 bridgehead atoms. The minimum Gasteiger partial charge on any atom is -0.494 e. The molecule has 3 nitrogen and oxygen atoms in total. The number of anilines is 2. The summed E-state index contributed by atoms with van der Waals surface area (Å²) < 4.78 is 5.65. The predicted octanol–water partition coefficient (Wildman–Crippen LogP) is 3.30. The lowest BCUT2D eigenvalue weighted by Crippen LogP contribution is -2.17. The van der Waals surface area contributed by atoms with Gasteiger partial charge in [-0.3, -0.25) is 0 Å². The molecule has 2 aromatic carbocycles. The maximum atomic E-state index is 5.82. The van der Waals surface area contributed by atoms with Crippen LogP contribution in [0.4, 0.5) is 11.4 Å². The Morgan fingerprint density at radius 2 is 1.89 bits per heavy atom. The van der Waals surface area contributed by atoms with E-state index in [0.29, 0.717) is 6.61 Å². The standard InChI is InChI=1S/C16H20N2O/c1-3-19-16-10-5-4-7-13(16)12-18(2)15-9-6-8-14(17)11-15/h4-11H,3,12,17H2,1-2H3. The summed E-state index contributed by atoms with van der Waals surface area (Å²) in [6.45, 7) is 3.47. The number of hydrogen-bond donors (Lipinski definition) is 1. The average molecular weight is 256 g/mol. The van der Waals surface area contributed by atoms with Crippen LogP contribution in [0.3, 0.4) is 0 Å². The quantitative estimate of drug-likeness (QED) is 0.834. The van der Waals surface area contributed by atoms with Crippen LogP contribution in [0.1, 0.15) is 12.5 Å². The van der Waals surface area contributed by atoms with Crippen LogP contribution in [0, 0.1) is 0 Å². The predicted molar refractivity (Wildman–Crippen MR) is 80.6 cm³/mol. The summed E-state index contributed by atoms with van der Waals surface area (Å²) in [5.41, 5.74) is 8.87. The van der Waals surface area contributed by atoms with Gasteiger partial charge in [-0.1, -0.05) is 24.3 Å². The topological polar surface area (TPSA) is 38.5 Å². The number of nitrogens with two attached hydrogens (primary N) is 1. The SMILES string of the molecule is CCOc1ccccc1CN(C)c1cccc(N)c1. The Labute approximate surface area is 114 Å². The van der Waals surface area contributed by atoms with Gasteiger partial charge in [0.1, 0.15) is 5.75 Å². The van der Waals surface area contributed by atoms with Crippen molar-refractivity contribution in [2.24, 2.45) is 0 Å². The summed E-state index contributed by atoms with van der Waals surface area (Å²) in [6.07, 6.45) is 0. The van der Waals surface area contributed by atoms with Crippen LogP contribution >= 0.6 is 0 Å². The molecule has 2 rings (SSSR count). The van der Waals surface area contributed by atoms with E-state index >= 15 is 0 Å². The zero-order valence-electron chi connectivity index (χ0n) is 11.5. The lowest BCUT2D eigenvalue weighted by Gasteiger charge is -2.21. The van der Waals surface area contributed by atoms with Gasteiger partial charge in [0.2, 0.25) is 0 Å². The van der Waals surface area contributed by atoms with Crippen molar-refractivity contribution in [3.05, 3.63) is 54.1 Å². The third kappa shape index (κ3) is 3.41. The Balaban J connectivity index is 2.16. The molecule has 3 heteroatoms. The molecule has 2 aromatic rings. The first kappa shape index (κ1) is 13.3. The van der Waals surface area contributed by atoms with Gasteiger partial charge in [-0.25, -0.2) is 0 Å². The highest BCUT2D eigenvalue weighted by Gasteiger charge is 2.07. The second-order valence-electron chi connectivity index (χ2n) is 4.49. The van der Waals surface area contributed by atoms with E-state index in [4.69, 9.17) is 10.5 Å². The molecule has 0 aliphatic heterocycles. The van der Waals surface area contributed by atoms with Crippen molar-refractivity contribution >= 4 is 11.4 Å². The summed E-state index contributed by atoms with van der Waals surface area (Å²) in [5, 5.41) is 0. The average Bonchev–Trinajstić information content (AvgIpc) is 2.41. The van der Waals surface area contributed by atoms with Crippen molar-refractivity contribution in [3.8, 4) is 5.75 Å². The molecule has 0 radical (unpaired) electrons. The molecule has 100 valence electrons. The molecule has 0 aliphatic rings. The van der Waals surface area contributed by atoms with Gasteiger partial charge in [0.05, 0.1) is 6.61 Å². The fraction of sp³-hybridized carbons (Fsp3) is 0.250. The number of rotatable bonds is 5. The van der Waals surface area contributed by atoms with E-state index in [1.807, 2.05) is 43.3 Å². The van der Waals surface area contributed by atoms with E-state index in [2.05, 4.69) is 24.1 Å². The molecule has 19 heavy (non-hydrogen) atoms. The van der Waals surface area contributed by atoms with E-state index in [9.17, 15) is 0 Å². The number of benzene rings is 2. The third-order valence-electron chi connectivity index (χ3n) is 2.99. The van der Waals surface area contributed by atoms with E-state index in [1.54, 1.807) is 0 Å².